The summed E-state index contributed by atoms with van der Waals surface area (Å²) < 4.78 is 4.78. The van der Waals surface area contributed by atoms with Gasteiger partial charge in [0.25, 0.3) is 0 Å². The summed E-state index contributed by atoms with van der Waals surface area (Å²) >= 11 is 0. The molecule has 2 heterocycles. The lowest BCUT2D eigenvalue weighted by atomic mass is 9.90. The summed E-state index contributed by atoms with van der Waals surface area (Å²) in [6.07, 6.45) is 0. The normalized spacial score (nSPS) is 27.7. The van der Waals surface area contributed by atoms with Crippen LogP contribution >= 0.6 is 0 Å². The van der Waals surface area contributed by atoms with Crippen molar-refractivity contribution in [3.05, 3.63) is 29.8 Å². The summed E-state index contributed by atoms with van der Waals surface area (Å²) in [5, 5.41) is 3.19. The maximum Gasteiger partial charge on any atom is 0.375 e. The van der Waals surface area contributed by atoms with Crippen molar-refractivity contribution in [1.82, 2.24) is 0 Å². The molecular weight excluding hydrogens is 194 g/mol. The van der Waals surface area contributed by atoms with Gasteiger partial charge in [-0.25, -0.2) is 4.79 Å². The molecule has 0 radical (unpaired) electrons. The van der Waals surface area contributed by atoms with E-state index in [1.165, 1.54) is 0 Å². The molecule has 0 bridgehead atoms. The van der Waals surface area contributed by atoms with Crippen LogP contribution in [-0.2, 0) is 14.3 Å². The number of carbonyl (C=O) groups excluding carboxylic acids is 2. The lowest BCUT2D eigenvalue weighted by Crippen LogP contribution is -2.42. The summed E-state index contributed by atoms with van der Waals surface area (Å²) in [7, 11) is 0. The van der Waals surface area contributed by atoms with Crippen LogP contribution in [0.2, 0.25) is 0 Å². The number of cyclic esters (lactones) is 1. The van der Waals surface area contributed by atoms with Crippen molar-refractivity contribution in [3.63, 3.8) is 0 Å². The van der Waals surface area contributed by atoms with Crippen LogP contribution in [0.25, 0.3) is 0 Å². The molecule has 2 atom stereocenters. The summed E-state index contributed by atoms with van der Waals surface area (Å²) in [6.45, 7) is 0.268. The van der Waals surface area contributed by atoms with E-state index in [1.54, 1.807) is 0 Å². The van der Waals surface area contributed by atoms with Crippen molar-refractivity contribution in [2.45, 2.75) is 12.0 Å². The first-order chi connectivity index (χ1) is 7.27. The maximum atomic E-state index is 11.7. The van der Waals surface area contributed by atoms with E-state index < -0.39 is 11.8 Å². The van der Waals surface area contributed by atoms with E-state index in [4.69, 9.17) is 4.74 Å². The minimum atomic E-state index is -0.713. The number of hydrogen-bond donors (Lipinski definition) is 1. The molecule has 2 aliphatic rings. The minimum absolute atomic E-state index is 0.0902. The van der Waals surface area contributed by atoms with Crippen molar-refractivity contribution in [2.24, 2.45) is 0 Å². The van der Waals surface area contributed by atoms with Crippen LogP contribution in [-0.4, -0.2) is 24.4 Å². The van der Waals surface area contributed by atoms with Crippen molar-refractivity contribution in [2.75, 3.05) is 11.9 Å². The Balaban J connectivity index is 2.09. The van der Waals surface area contributed by atoms with Gasteiger partial charge in [-0.3, -0.25) is 4.79 Å². The molecular formula is C11H9NO3. The number of nitrogens with one attached hydrogen (secondary N) is 1. The predicted molar refractivity (Wildman–Crippen MR) is 52.6 cm³/mol. The molecule has 0 spiro atoms. The zero-order chi connectivity index (χ0) is 10.4. The molecule has 1 fully saturated rings. The summed E-state index contributed by atoms with van der Waals surface area (Å²) in [4.78, 5) is 22.8. The van der Waals surface area contributed by atoms with Gasteiger partial charge in [0.1, 0.15) is 6.61 Å². The van der Waals surface area contributed by atoms with Crippen molar-refractivity contribution in [1.29, 1.82) is 0 Å². The lowest BCUT2D eigenvalue weighted by Gasteiger charge is -2.23. The molecule has 0 aliphatic carbocycles. The van der Waals surface area contributed by atoms with E-state index in [2.05, 4.69) is 5.32 Å². The Morgan fingerprint density at radius 1 is 1.27 bits per heavy atom. The third kappa shape index (κ3) is 1.08. The van der Waals surface area contributed by atoms with Gasteiger partial charge >= 0.3 is 5.97 Å². The molecule has 0 amide bonds. The summed E-state index contributed by atoms with van der Waals surface area (Å²) in [5.74, 6) is -1.51. The lowest BCUT2D eigenvalue weighted by molar-refractivity contribution is -0.158. The topological polar surface area (TPSA) is 55.4 Å². The monoisotopic (exact) mass is 203 g/mol. The van der Waals surface area contributed by atoms with Gasteiger partial charge in [0.15, 0.2) is 0 Å². The number of Topliss-reactive ketones (excluding diaryl/α,β-unsaturated/α-hetero) is 1. The van der Waals surface area contributed by atoms with Gasteiger partial charge < -0.3 is 10.1 Å². The van der Waals surface area contributed by atoms with Gasteiger partial charge in [0.05, 0.1) is 12.0 Å². The fraction of sp³-hybridized carbons (Fsp3) is 0.273. The van der Waals surface area contributed by atoms with Gasteiger partial charge in [0.2, 0.25) is 5.78 Å². The highest BCUT2D eigenvalue weighted by Crippen LogP contribution is 2.38. The number of anilines is 1. The molecule has 0 aromatic heterocycles. The average molecular weight is 203 g/mol. The molecule has 3 rings (SSSR count). The van der Waals surface area contributed by atoms with E-state index in [1.807, 2.05) is 24.3 Å². The highest BCUT2D eigenvalue weighted by Gasteiger charge is 2.44. The van der Waals surface area contributed by atoms with E-state index in [-0.39, 0.29) is 18.6 Å². The number of rotatable bonds is 0. The SMILES string of the molecule is O=C1OCC2Nc3ccccc3C2C1=O. The van der Waals surface area contributed by atoms with Crippen molar-refractivity contribution in [3.8, 4) is 0 Å². The second kappa shape index (κ2) is 2.82. The van der Waals surface area contributed by atoms with E-state index in [0.29, 0.717) is 0 Å². The minimum Gasteiger partial charge on any atom is -0.458 e. The second-order valence-electron chi connectivity index (χ2n) is 3.78. The van der Waals surface area contributed by atoms with Crippen LogP contribution in [0.3, 0.4) is 0 Å². The fourth-order valence-corrected chi connectivity index (χ4v) is 2.22. The molecule has 76 valence electrons. The van der Waals surface area contributed by atoms with Crippen molar-refractivity contribution < 1.29 is 14.3 Å². The van der Waals surface area contributed by atoms with Crippen LogP contribution in [0.15, 0.2) is 24.3 Å². The van der Waals surface area contributed by atoms with Crippen LogP contribution < -0.4 is 5.32 Å². The number of para-hydroxylation sites is 1. The summed E-state index contributed by atoms with van der Waals surface area (Å²) in [5.41, 5.74) is 1.84. The quantitative estimate of drug-likeness (QED) is 0.498. The molecule has 2 unspecified atom stereocenters. The fourth-order valence-electron chi connectivity index (χ4n) is 2.22. The van der Waals surface area contributed by atoms with Crippen LogP contribution in [0.1, 0.15) is 11.5 Å². The maximum absolute atomic E-state index is 11.7. The number of fused-ring (bicyclic) bond motifs is 3. The van der Waals surface area contributed by atoms with Crippen LogP contribution in [0.4, 0.5) is 5.69 Å². The number of esters is 1. The third-order valence-electron chi connectivity index (χ3n) is 2.92. The Morgan fingerprint density at radius 2 is 2.07 bits per heavy atom. The number of carbonyl (C=O) groups is 2. The number of hydrogen-bond acceptors (Lipinski definition) is 4. The standard InChI is InChI=1S/C11H9NO3/c13-10-9-6-3-1-2-4-7(6)12-8(9)5-15-11(10)14/h1-4,8-9,12H,5H2. The molecule has 15 heavy (non-hydrogen) atoms. The molecule has 4 nitrogen and oxygen atoms in total. The number of benzene rings is 1. The van der Waals surface area contributed by atoms with Crippen molar-refractivity contribution >= 4 is 17.4 Å². The first-order valence-corrected chi connectivity index (χ1v) is 4.84. The van der Waals surface area contributed by atoms with E-state index in [9.17, 15) is 9.59 Å². The Labute approximate surface area is 86.2 Å². The molecule has 4 heteroatoms. The highest BCUT2D eigenvalue weighted by atomic mass is 16.5. The molecule has 1 aromatic carbocycles. The van der Waals surface area contributed by atoms with Gasteiger partial charge in [-0.05, 0) is 11.6 Å². The summed E-state index contributed by atoms with van der Waals surface area (Å²) in [6, 6.07) is 7.47. The molecule has 1 aromatic rings. The Bertz CT molecular complexity index is 455. The van der Waals surface area contributed by atoms with Crippen LogP contribution in [0, 0.1) is 0 Å². The van der Waals surface area contributed by atoms with Gasteiger partial charge in [-0.1, -0.05) is 18.2 Å². The first kappa shape index (κ1) is 8.47. The second-order valence-corrected chi connectivity index (χ2v) is 3.78. The number of ketones is 1. The zero-order valence-corrected chi connectivity index (χ0v) is 7.90. The average Bonchev–Trinajstić information content (AvgIpc) is 2.62. The Hall–Kier alpha value is -1.84. The van der Waals surface area contributed by atoms with Gasteiger partial charge in [-0.2, -0.15) is 0 Å². The van der Waals surface area contributed by atoms with Gasteiger partial charge in [-0.15, -0.1) is 0 Å². The zero-order valence-electron chi connectivity index (χ0n) is 7.90. The Morgan fingerprint density at radius 3 is 2.93 bits per heavy atom. The third-order valence-corrected chi connectivity index (χ3v) is 2.92. The molecule has 2 aliphatic heterocycles. The van der Waals surface area contributed by atoms with Gasteiger partial charge in [0, 0.05) is 5.69 Å². The largest absolute Gasteiger partial charge is 0.458 e. The smallest absolute Gasteiger partial charge is 0.375 e. The van der Waals surface area contributed by atoms with E-state index in [0.717, 1.165) is 11.3 Å². The molecule has 1 saturated heterocycles. The first-order valence-electron chi connectivity index (χ1n) is 4.84. The highest BCUT2D eigenvalue weighted by molar-refractivity contribution is 6.37. The van der Waals surface area contributed by atoms with E-state index >= 15 is 0 Å². The predicted octanol–water partition coefficient (Wildman–Crippen LogP) is 0.690. The molecule has 0 saturated carbocycles. The van der Waals surface area contributed by atoms with Crippen LogP contribution in [0.5, 0.6) is 0 Å². The Kier molecular flexibility index (Phi) is 1.59. The molecule has 1 N–H and O–H groups in total. The number of ether oxygens (including phenoxy) is 1.